The molecule has 118 valence electrons. The number of halogens is 1. The first-order valence-electron chi connectivity index (χ1n) is 6.39. The molecule has 2 aromatic heterocycles. The van der Waals surface area contributed by atoms with Gasteiger partial charge in [-0.25, -0.2) is 0 Å². The van der Waals surface area contributed by atoms with Gasteiger partial charge in [-0.1, -0.05) is 34.7 Å². The third-order valence-corrected chi connectivity index (χ3v) is 4.54. The molecule has 0 atom stereocenters. The molecule has 0 spiro atoms. The van der Waals surface area contributed by atoms with E-state index in [9.17, 15) is 4.79 Å². The number of nitrogens with zero attached hydrogens (tertiary/aromatic N) is 6. The van der Waals surface area contributed by atoms with Gasteiger partial charge in [-0.15, -0.1) is 15.3 Å². The summed E-state index contributed by atoms with van der Waals surface area (Å²) in [6.45, 7) is 1.82. The van der Waals surface area contributed by atoms with Crippen LogP contribution in [0.4, 0.5) is 5.13 Å². The second-order valence-corrected chi connectivity index (χ2v) is 6.87. The molecule has 0 aliphatic carbocycles. The number of thioether (sulfide) groups is 1. The minimum absolute atomic E-state index is 0.159. The molecule has 3 rings (SSSR count). The van der Waals surface area contributed by atoms with E-state index in [0.717, 1.165) is 10.7 Å². The van der Waals surface area contributed by atoms with Gasteiger partial charge < -0.3 is 0 Å². The maximum Gasteiger partial charge on any atom is 0.236 e. The Bertz CT molecular complexity index is 817. The number of nitrogens with one attached hydrogen (secondary N) is 1. The SMILES string of the molecule is Cc1nnc(NC(=O)CSc2nnnn2-c2ccc(Cl)cc2)s1. The molecule has 11 heteroatoms. The van der Waals surface area contributed by atoms with E-state index in [1.807, 2.05) is 6.92 Å². The predicted octanol–water partition coefficient (Wildman–Crippen LogP) is 2.21. The number of aromatic nitrogens is 6. The molecule has 0 fully saturated rings. The maximum absolute atomic E-state index is 11.9. The standard InChI is InChI=1S/C12H10ClN7OS2/c1-7-15-16-11(23-7)14-10(21)6-22-12-17-18-19-20(12)9-4-2-8(13)3-5-9/h2-5H,6H2,1H3,(H,14,16,21). The van der Waals surface area contributed by atoms with Crippen molar-refractivity contribution in [2.24, 2.45) is 0 Å². The molecule has 2 heterocycles. The Morgan fingerprint density at radius 1 is 1.30 bits per heavy atom. The molecule has 0 saturated heterocycles. The Morgan fingerprint density at radius 3 is 2.78 bits per heavy atom. The Balaban J connectivity index is 1.64. The Labute approximate surface area is 144 Å². The topological polar surface area (TPSA) is 98.5 Å². The van der Waals surface area contributed by atoms with Crippen LogP contribution < -0.4 is 5.32 Å². The summed E-state index contributed by atoms with van der Waals surface area (Å²) < 4.78 is 1.55. The lowest BCUT2D eigenvalue weighted by Crippen LogP contribution is -2.14. The highest BCUT2D eigenvalue weighted by atomic mass is 35.5. The van der Waals surface area contributed by atoms with Gasteiger partial charge in [0.25, 0.3) is 0 Å². The van der Waals surface area contributed by atoms with Crippen LogP contribution in [0, 0.1) is 6.92 Å². The second-order valence-electron chi connectivity index (χ2n) is 4.31. The Hall–Kier alpha value is -2.04. The lowest BCUT2D eigenvalue weighted by Gasteiger charge is -2.04. The van der Waals surface area contributed by atoms with E-state index in [0.29, 0.717) is 15.3 Å². The summed E-state index contributed by atoms with van der Waals surface area (Å²) in [7, 11) is 0. The molecular formula is C12H10ClN7OS2. The predicted molar refractivity (Wildman–Crippen MR) is 88.2 cm³/mol. The number of hydrogen-bond acceptors (Lipinski definition) is 8. The normalized spacial score (nSPS) is 10.7. The van der Waals surface area contributed by atoms with Crippen molar-refractivity contribution in [2.45, 2.75) is 12.1 Å². The van der Waals surface area contributed by atoms with Crippen molar-refractivity contribution in [1.29, 1.82) is 0 Å². The summed E-state index contributed by atoms with van der Waals surface area (Å²) in [5.74, 6) is -0.0381. The second kappa shape index (κ2) is 7.02. The maximum atomic E-state index is 11.9. The van der Waals surface area contributed by atoms with Gasteiger partial charge in [0.15, 0.2) is 0 Å². The van der Waals surface area contributed by atoms with E-state index in [2.05, 4.69) is 31.0 Å². The fraction of sp³-hybridized carbons (Fsp3) is 0.167. The fourth-order valence-electron chi connectivity index (χ4n) is 1.65. The summed E-state index contributed by atoms with van der Waals surface area (Å²) in [6.07, 6.45) is 0. The van der Waals surface area contributed by atoms with Crippen molar-refractivity contribution in [3.05, 3.63) is 34.3 Å². The van der Waals surface area contributed by atoms with Crippen molar-refractivity contribution in [1.82, 2.24) is 30.4 Å². The Morgan fingerprint density at radius 2 is 2.09 bits per heavy atom. The number of amides is 1. The summed E-state index contributed by atoms with van der Waals surface area (Å²) in [6, 6.07) is 7.09. The number of carbonyl (C=O) groups excluding carboxylic acids is 1. The molecule has 23 heavy (non-hydrogen) atoms. The first-order chi connectivity index (χ1) is 11.1. The van der Waals surface area contributed by atoms with Gasteiger partial charge in [0.05, 0.1) is 11.4 Å². The van der Waals surface area contributed by atoms with Crippen molar-refractivity contribution in [2.75, 3.05) is 11.1 Å². The van der Waals surface area contributed by atoms with Gasteiger partial charge in [0.2, 0.25) is 16.2 Å². The first-order valence-corrected chi connectivity index (χ1v) is 8.57. The van der Waals surface area contributed by atoms with E-state index in [1.165, 1.54) is 23.1 Å². The van der Waals surface area contributed by atoms with Crippen LogP contribution in [0.1, 0.15) is 5.01 Å². The molecule has 0 saturated carbocycles. The number of tetrazole rings is 1. The molecular weight excluding hydrogens is 358 g/mol. The summed E-state index contributed by atoms with van der Waals surface area (Å²) >= 11 is 8.41. The van der Waals surface area contributed by atoms with E-state index in [4.69, 9.17) is 11.6 Å². The van der Waals surface area contributed by atoms with Crippen LogP contribution in [0.15, 0.2) is 29.4 Å². The third kappa shape index (κ3) is 4.03. The average Bonchev–Trinajstić information content (AvgIpc) is 3.15. The quantitative estimate of drug-likeness (QED) is 0.690. The van der Waals surface area contributed by atoms with Crippen LogP contribution in [0.3, 0.4) is 0 Å². The molecule has 0 bridgehead atoms. The molecule has 0 unspecified atom stereocenters. The minimum atomic E-state index is -0.197. The van der Waals surface area contributed by atoms with Gasteiger partial charge in [0.1, 0.15) is 5.01 Å². The zero-order valence-corrected chi connectivity index (χ0v) is 14.2. The van der Waals surface area contributed by atoms with E-state index in [1.54, 1.807) is 28.9 Å². The lowest BCUT2D eigenvalue weighted by atomic mass is 10.3. The van der Waals surface area contributed by atoms with Gasteiger partial charge in [-0.05, 0) is 41.6 Å². The van der Waals surface area contributed by atoms with Crippen molar-refractivity contribution < 1.29 is 4.79 Å². The molecule has 3 aromatic rings. The van der Waals surface area contributed by atoms with Gasteiger partial charge in [0, 0.05) is 5.02 Å². The fourth-order valence-corrected chi connectivity index (χ4v) is 3.07. The van der Waals surface area contributed by atoms with Crippen LogP contribution in [0.5, 0.6) is 0 Å². The van der Waals surface area contributed by atoms with E-state index < -0.39 is 0 Å². The molecule has 0 radical (unpaired) electrons. The zero-order chi connectivity index (χ0) is 16.2. The molecule has 0 aliphatic rings. The largest absolute Gasteiger partial charge is 0.300 e. The molecule has 8 nitrogen and oxygen atoms in total. The third-order valence-electron chi connectivity index (χ3n) is 2.62. The van der Waals surface area contributed by atoms with E-state index >= 15 is 0 Å². The summed E-state index contributed by atoms with van der Waals surface area (Å²) in [4.78, 5) is 11.9. The van der Waals surface area contributed by atoms with Crippen molar-refractivity contribution >= 4 is 45.7 Å². The van der Waals surface area contributed by atoms with Crippen LogP contribution >= 0.6 is 34.7 Å². The highest BCUT2D eigenvalue weighted by molar-refractivity contribution is 7.99. The number of anilines is 1. The minimum Gasteiger partial charge on any atom is -0.300 e. The van der Waals surface area contributed by atoms with Crippen LogP contribution in [0.2, 0.25) is 5.02 Å². The number of benzene rings is 1. The van der Waals surface area contributed by atoms with Gasteiger partial charge in [-0.2, -0.15) is 4.68 Å². The first kappa shape index (κ1) is 15.8. The average molecular weight is 368 g/mol. The van der Waals surface area contributed by atoms with Crippen molar-refractivity contribution in [3.63, 3.8) is 0 Å². The smallest absolute Gasteiger partial charge is 0.236 e. The van der Waals surface area contributed by atoms with E-state index in [-0.39, 0.29) is 11.7 Å². The molecule has 1 N–H and O–H groups in total. The molecule has 0 aliphatic heterocycles. The Kier molecular flexibility index (Phi) is 4.84. The lowest BCUT2D eigenvalue weighted by molar-refractivity contribution is -0.113. The van der Waals surface area contributed by atoms with Crippen molar-refractivity contribution in [3.8, 4) is 5.69 Å². The summed E-state index contributed by atoms with van der Waals surface area (Å²) in [5.41, 5.74) is 0.766. The number of hydrogen-bond donors (Lipinski definition) is 1. The molecule has 1 amide bonds. The molecule has 1 aromatic carbocycles. The van der Waals surface area contributed by atoms with Gasteiger partial charge >= 0.3 is 0 Å². The highest BCUT2D eigenvalue weighted by Crippen LogP contribution is 2.20. The monoisotopic (exact) mass is 367 g/mol. The number of rotatable bonds is 5. The zero-order valence-electron chi connectivity index (χ0n) is 11.8. The van der Waals surface area contributed by atoms with Gasteiger partial charge in [-0.3, -0.25) is 10.1 Å². The van der Waals surface area contributed by atoms with Crippen LogP contribution in [-0.2, 0) is 4.79 Å². The number of aryl methyl sites for hydroxylation is 1. The summed E-state index contributed by atoms with van der Waals surface area (Å²) in [5, 5.41) is 24.3. The highest BCUT2D eigenvalue weighted by Gasteiger charge is 2.12. The van der Waals surface area contributed by atoms with Crippen LogP contribution in [-0.4, -0.2) is 42.1 Å². The van der Waals surface area contributed by atoms with Crippen LogP contribution in [0.25, 0.3) is 5.69 Å². The number of carbonyl (C=O) groups is 1.